The molecule has 1 aliphatic rings. The zero-order chi connectivity index (χ0) is 105. The third kappa shape index (κ3) is 38.3. The number of aromatic amines is 2. The number of thiophene rings is 10. The lowest BCUT2D eigenvalue weighted by Gasteiger charge is -2.02. The fraction of sp³-hybridized carbons (Fsp3) is 0.308. The lowest BCUT2D eigenvalue weighted by atomic mass is 10.0. The summed E-state index contributed by atoms with van der Waals surface area (Å²) in [7, 11) is 0. The van der Waals surface area contributed by atoms with Crippen molar-refractivity contribution in [3.05, 3.63) is 401 Å². The number of aryl methyl sites for hydroxylation is 17. The van der Waals surface area contributed by atoms with Gasteiger partial charge in [-0.05, 0) is 424 Å². The van der Waals surface area contributed by atoms with Gasteiger partial charge < -0.3 is 23.2 Å². The van der Waals surface area contributed by atoms with E-state index in [1.165, 1.54) is 279 Å². The van der Waals surface area contributed by atoms with Gasteiger partial charge in [0.25, 0.3) is 0 Å². The number of furan rings is 3. The van der Waals surface area contributed by atoms with Crippen LogP contribution in [0.25, 0.3) is 124 Å². The average Bonchev–Trinajstić information content (AvgIpc) is 1.62. The van der Waals surface area contributed by atoms with Gasteiger partial charge in [0, 0.05) is 120 Å². The summed E-state index contributed by atoms with van der Waals surface area (Å²) in [6.45, 7) is 42.8. The summed E-state index contributed by atoms with van der Waals surface area (Å²) >= 11 is 19.3. The molecule has 0 unspecified atom stereocenters. The lowest BCUT2D eigenvalue weighted by Crippen LogP contribution is -1.87. The van der Waals surface area contributed by atoms with E-state index in [-0.39, 0.29) is 0 Å². The number of hydrogen-bond donors (Lipinski definition) is 2. The average molecular weight is 2150 g/mol. The minimum absolute atomic E-state index is 0.844. The first-order valence-corrected chi connectivity index (χ1v) is 61.3. The van der Waals surface area contributed by atoms with Gasteiger partial charge in [0.05, 0.1) is 0 Å². The zero-order valence-electron chi connectivity index (χ0n) is 91.0. The molecule has 1 aliphatic carbocycles. The van der Waals surface area contributed by atoms with Gasteiger partial charge in [-0.2, -0.15) is 0 Å². The van der Waals surface area contributed by atoms with E-state index in [9.17, 15) is 0 Å². The quantitative estimate of drug-likeness (QED) is 0.0385. The standard InChI is InChI=1S/C42H62S4.C22H18S2.C16H14S2.C13H15N.C12H12O2.C12H12S2.C8H11N.C8H10O/c1-7-11-15-19-23-33-28-37(44-32(33)6)41-35(25-21-17-13-9-3)30-39(46-41)42-36(26-22-18-14-10-4)29-38(45-42)40-34(27-31(5)43-40)24-20-16-12-8-2;1-15-3-6-17(7-4-15)21-13-14-22(24-21)19-10-8-18(9-11-19)20-12-5-16(2)23-20;1-11-3-9-15(17-11)13-5-7-14(8-6-13)16-10-4-12(2)18-16;1-10-3-5-12(9-10)6-8-13-7-4-11(2)14-13;2*1-9-3-5-11(13-9)7-8-12-6-4-10(2)14-12;2*1-3-4-8-6-5-7(2)9-8/h27-30H,7-26H2,1-6H3;3-14H,1-2H3;3-10H,1-2H3;3-8,14H,9H2,1-2H3;2*3-8H,1-2H3;3-6,9H,1-2H3;3-6H,1-2H3/b;;;8-6+;2*8-7+;2*4-3+. The van der Waals surface area contributed by atoms with Crippen LogP contribution in [0, 0.1) is 90.0 Å². The highest BCUT2D eigenvalue weighted by atomic mass is 32.1. The van der Waals surface area contributed by atoms with Crippen LogP contribution in [0.3, 0.4) is 0 Å². The van der Waals surface area contributed by atoms with Crippen molar-refractivity contribution in [2.24, 2.45) is 0 Å². The maximum Gasteiger partial charge on any atom is 0.127 e. The molecule has 18 aromatic rings. The minimum Gasteiger partial charge on any atom is -0.462 e. The highest BCUT2D eigenvalue weighted by molar-refractivity contribution is 7.29. The van der Waals surface area contributed by atoms with Crippen LogP contribution in [0.5, 0.6) is 0 Å². The number of H-pyrrole nitrogens is 2. The van der Waals surface area contributed by atoms with Crippen molar-refractivity contribution in [3.63, 3.8) is 0 Å². The highest BCUT2D eigenvalue weighted by Gasteiger charge is 2.23. The van der Waals surface area contributed by atoms with Crippen LogP contribution in [0.15, 0.2) is 285 Å². The smallest absolute Gasteiger partial charge is 0.127 e. The van der Waals surface area contributed by atoms with Gasteiger partial charge in [-0.15, -0.1) is 113 Å². The lowest BCUT2D eigenvalue weighted by molar-refractivity contribution is 0.521. The van der Waals surface area contributed by atoms with E-state index < -0.39 is 0 Å². The molecular weight excluding hydrogens is 1990 g/mol. The molecule has 774 valence electrons. The van der Waals surface area contributed by atoms with E-state index in [4.69, 9.17) is 13.3 Å². The number of aromatic nitrogens is 2. The molecule has 0 saturated heterocycles. The molecule has 0 amide bonds. The molecule has 3 aromatic carbocycles. The van der Waals surface area contributed by atoms with Gasteiger partial charge in [0.1, 0.15) is 34.6 Å². The van der Waals surface area contributed by atoms with E-state index in [1.54, 1.807) is 36.9 Å². The van der Waals surface area contributed by atoms with Crippen molar-refractivity contribution in [1.82, 2.24) is 9.97 Å². The van der Waals surface area contributed by atoms with Crippen LogP contribution in [0.2, 0.25) is 0 Å². The van der Waals surface area contributed by atoms with Crippen LogP contribution >= 0.6 is 113 Å². The van der Waals surface area contributed by atoms with Crippen molar-refractivity contribution in [1.29, 1.82) is 0 Å². The largest absolute Gasteiger partial charge is 0.462 e. The summed E-state index contributed by atoms with van der Waals surface area (Å²) in [5.74, 6) is 5.41. The molecule has 0 spiro atoms. The Labute approximate surface area is 926 Å². The van der Waals surface area contributed by atoms with Gasteiger partial charge >= 0.3 is 0 Å². The first-order chi connectivity index (χ1) is 71.8. The molecule has 5 nitrogen and oxygen atoms in total. The van der Waals surface area contributed by atoms with Gasteiger partial charge in [0.2, 0.25) is 0 Å². The van der Waals surface area contributed by atoms with Crippen LogP contribution in [-0.2, 0) is 25.7 Å². The summed E-state index contributed by atoms with van der Waals surface area (Å²) in [5.41, 5.74) is 21.8. The Hall–Kier alpha value is -10.8. The number of benzene rings is 3. The summed E-state index contributed by atoms with van der Waals surface area (Å²) in [6.07, 6.45) is 52.1. The Morgan fingerprint density at radius 1 is 0.257 bits per heavy atom. The maximum atomic E-state index is 5.38. The molecule has 0 saturated carbocycles. The summed E-state index contributed by atoms with van der Waals surface area (Å²) < 4.78 is 16.0. The molecule has 0 aliphatic heterocycles. The number of unbranched alkanes of at least 4 members (excludes halogenated alkanes) is 12. The van der Waals surface area contributed by atoms with E-state index in [0.29, 0.717) is 0 Å². The predicted octanol–water partition coefficient (Wildman–Crippen LogP) is 46.1. The Morgan fingerprint density at radius 3 is 0.946 bits per heavy atom. The molecule has 0 fully saturated rings. The first kappa shape index (κ1) is 116. The molecule has 15 heteroatoms. The van der Waals surface area contributed by atoms with Crippen LogP contribution in [0.4, 0.5) is 0 Å². The zero-order valence-corrected chi connectivity index (χ0v) is 99.2. The van der Waals surface area contributed by atoms with Gasteiger partial charge in [-0.3, -0.25) is 0 Å². The topological polar surface area (TPSA) is 71.0 Å². The monoisotopic (exact) mass is 2150 g/mol. The molecule has 0 bridgehead atoms. The Bertz CT molecular complexity index is 6910. The first-order valence-electron chi connectivity index (χ1n) is 53.1. The number of nitrogens with one attached hydrogen (secondary N) is 2. The second-order valence-electron chi connectivity index (χ2n) is 38.4. The van der Waals surface area contributed by atoms with Crippen molar-refractivity contribution in [3.8, 4) is 81.5 Å². The van der Waals surface area contributed by atoms with E-state index >= 15 is 0 Å². The van der Waals surface area contributed by atoms with Crippen molar-refractivity contribution < 1.29 is 13.3 Å². The van der Waals surface area contributed by atoms with Gasteiger partial charge in [0.15, 0.2) is 0 Å². The normalized spacial score (nSPS) is 11.7. The molecule has 19 rings (SSSR count). The third-order valence-electron chi connectivity index (χ3n) is 25.1. The summed E-state index contributed by atoms with van der Waals surface area (Å²) in [4.78, 5) is 34.9. The van der Waals surface area contributed by atoms with E-state index in [0.717, 1.165) is 41.0 Å². The second kappa shape index (κ2) is 61.5. The van der Waals surface area contributed by atoms with Crippen LogP contribution < -0.4 is 0 Å². The number of hydrogen-bond acceptors (Lipinski definition) is 13. The molecule has 15 aromatic heterocycles. The van der Waals surface area contributed by atoms with E-state index in [1.807, 2.05) is 194 Å². The van der Waals surface area contributed by atoms with Crippen molar-refractivity contribution >= 4 is 156 Å². The predicted molar refractivity (Wildman–Crippen MR) is 668 cm³/mol. The Balaban J connectivity index is 0.000000161. The fourth-order valence-electron chi connectivity index (χ4n) is 17.0. The van der Waals surface area contributed by atoms with E-state index in [2.05, 4.69) is 371 Å². The SMILES string of the molecule is C/C=C/c1ccc(C)[nH]1.C/C=C/c1ccc(C)o1.CC1=CC=C(/C=C/c2ccc(C)[nH]2)C1.CCCCCCc1cc(-c2sc(-c3sc(-c4sc(C)cc4CCCCCC)cc3CCCCCC)cc2CCCCCC)sc1C.Cc1ccc(-c2ccc(-c3ccc(-c4ccc(C)s4)cc3)s2)cc1.Cc1ccc(-c2ccc(-c3ccc(C)s3)cc2)s1.Cc1ccc(/C=C/c2ccc(C)o2)o1.Cc1ccc(/C=C/c2ccc(C)s2)s1. The number of allylic oxidation sites excluding steroid dienone is 7. The van der Waals surface area contributed by atoms with Gasteiger partial charge in [-0.25, -0.2) is 0 Å². The minimum atomic E-state index is 0.844. The molecule has 2 N–H and O–H groups in total. The summed E-state index contributed by atoms with van der Waals surface area (Å²) in [6, 6.07) is 83.0. The Morgan fingerprint density at radius 2 is 0.601 bits per heavy atom. The number of rotatable bonds is 36. The molecule has 15 heterocycles. The fourth-order valence-corrected chi connectivity index (χ4v) is 27.2. The van der Waals surface area contributed by atoms with Gasteiger partial charge in [-0.1, -0.05) is 219 Å². The molecular formula is C133H154N2O3S10. The maximum absolute atomic E-state index is 5.38. The van der Waals surface area contributed by atoms with Crippen LogP contribution in [0.1, 0.15) is 287 Å². The molecule has 0 radical (unpaired) electrons. The van der Waals surface area contributed by atoms with Crippen molar-refractivity contribution in [2.75, 3.05) is 0 Å². The third-order valence-corrected chi connectivity index (χ3v) is 36.4. The van der Waals surface area contributed by atoms with Crippen molar-refractivity contribution in [2.45, 2.75) is 273 Å². The summed E-state index contributed by atoms with van der Waals surface area (Å²) in [5, 5.41) is 0. The highest BCUT2D eigenvalue weighted by Crippen LogP contribution is 2.50. The second-order valence-corrected chi connectivity index (χ2v) is 50.6. The molecule has 148 heavy (non-hydrogen) atoms. The molecule has 0 atom stereocenters. The van der Waals surface area contributed by atoms with Crippen LogP contribution in [-0.4, -0.2) is 9.97 Å². The Kier molecular flexibility index (Phi) is 48.2.